The number of carbonyl (C=O) groups is 3. The van der Waals surface area contributed by atoms with Gasteiger partial charge in [-0.15, -0.1) is 0 Å². The van der Waals surface area contributed by atoms with Gasteiger partial charge in [0.2, 0.25) is 17.7 Å². The van der Waals surface area contributed by atoms with Crippen LogP contribution in [-0.4, -0.2) is 263 Å². The molecule has 3 aromatic carbocycles. The van der Waals surface area contributed by atoms with Crippen LogP contribution < -0.4 is 46.0 Å². The summed E-state index contributed by atoms with van der Waals surface area (Å²) in [4.78, 5) is 153. The predicted octanol–water partition coefficient (Wildman–Crippen LogP) is 16.0. The summed E-state index contributed by atoms with van der Waals surface area (Å²) in [6.07, 6.45) is 3.94. The number of aromatic nitrogens is 15. The summed E-state index contributed by atoms with van der Waals surface area (Å²) in [7, 11) is 4.07. The number of nitrogens with zero attached hydrogens (tertiary/aromatic N) is 23. The number of benzene rings is 3. The first kappa shape index (κ1) is 105. The average molecular weight is 2030 g/mol. The molecule has 39 heteroatoms. The molecule has 758 valence electrons. The fourth-order valence-corrected chi connectivity index (χ4v) is 19.5. The zero-order chi connectivity index (χ0) is 104. The lowest BCUT2D eigenvalue weighted by Gasteiger charge is -2.40. The lowest BCUT2D eigenvalue weighted by Crippen LogP contribution is -2.54. The Labute approximate surface area is 848 Å². The third kappa shape index (κ3) is 21.8. The summed E-state index contributed by atoms with van der Waals surface area (Å²) in [5.41, 5.74) is 4.75. The van der Waals surface area contributed by atoms with Crippen molar-refractivity contribution in [1.29, 1.82) is 0 Å². The molecule has 5 saturated heterocycles. The minimum Gasteiger partial charge on any atom is -0.461 e. The summed E-state index contributed by atoms with van der Waals surface area (Å²) in [5, 5.41) is 11.9. The Balaban J connectivity index is 0.000000163. The maximum absolute atomic E-state index is 15.2. The number of ether oxygens (including phenoxy) is 3. The molecule has 17 rings (SSSR count). The number of hydrogen-bond donors (Lipinski definition) is 1. The summed E-state index contributed by atoms with van der Waals surface area (Å²) < 4.78 is 68.0. The van der Waals surface area contributed by atoms with Gasteiger partial charge in [0.1, 0.15) is 53.7 Å². The van der Waals surface area contributed by atoms with E-state index in [4.69, 9.17) is 83.9 Å². The topological polar surface area (TPSA) is 346 Å². The molecule has 0 aliphatic carbocycles. The molecule has 0 spiro atoms. The molecule has 144 heavy (non-hydrogen) atoms. The van der Waals surface area contributed by atoms with Crippen molar-refractivity contribution < 1.29 is 46.9 Å². The first-order chi connectivity index (χ1) is 68.6. The molecular formula is C105H121Cl3F3N23O10. The van der Waals surface area contributed by atoms with Crippen molar-refractivity contribution in [2.75, 3.05) is 120 Å². The molecule has 5 atom stereocenters. The van der Waals surface area contributed by atoms with Crippen molar-refractivity contribution in [1.82, 2.24) is 98.0 Å². The van der Waals surface area contributed by atoms with Gasteiger partial charge < -0.3 is 53.6 Å². The number of hydrogen-bond acceptors (Lipinski definition) is 27. The van der Waals surface area contributed by atoms with Crippen molar-refractivity contribution in [3.8, 4) is 68.9 Å². The number of rotatable bonds is 25. The van der Waals surface area contributed by atoms with Crippen LogP contribution in [-0.2, 0) is 14.4 Å². The Kier molecular flexibility index (Phi) is 32.2. The van der Waals surface area contributed by atoms with E-state index in [-0.39, 0.29) is 174 Å². The van der Waals surface area contributed by atoms with E-state index in [1.807, 2.05) is 126 Å². The van der Waals surface area contributed by atoms with E-state index < -0.39 is 40.6 Å². The first-order valence-electron chi connectivity index (χ1n) is 48.5. The normalized spacial score (nSPS) is 17.3. The minimum atomic E-state index is -0.739. The van der Waals surface area contributed by atoms with E-state index in [1.54, 1.807) is 94.4 Å². The quantitative estimate of drug-likeness (QED) is 0.0519. The Bertz CT molecular complexity index is 7070. The highest BCUT2D eigenvalue weighted by Crippen LogP contribution is 2.44. The molecule has 0 saturated carbocycles. The standard InChI is InChI=1S/C36H42ClFN8O3.C35H40ClFN8O3.C34H39ClFN7O4/c1-8-28(47)44-15-16-45(22(6)18-44)33-25-17-26(37)31(24-11-9-10-12-27(24)38)39-34(25)46(36(48)42-33)32-29(20(2)3)40-35(41-30(32)21(4)5)49-23-13-14-43(7)19-23;1-8-27(46)43-13-14-44(21(6)16-43)32-24-15-25(36)30(23-11-9-10-12-26(23)37)38-33(24)45(35(47)41-32)31-28(19(2)3)39-34(40-29(31)20(4)5)48-22-17-42(7)18-22;1-8-26(45)41-13-14-42(20(6)16-41)31-23-15-24(35)29(22-11-9-10-12-25(22)36)37-32(23)43(34(46)40-31)30-27(18(2)3)38-33(47-17-21(7)44)39-28(30)19(4)5/h8-12,17,20-23H,1,13-16,18-19H2,2-7H3;8-12,15,19-22H,1,13-14,16-18H2,2-7H3;8-12,15,18-21,44H,1,13-14,16-17H2,2-7H3/t22-,23?;21-;20-,21?/m000/s1. The molecule has 33 nitrogen and oxygen atoms in total. The van der Waals surface area contributed by atoms with Gasteiger partial charge in [0.15, 0.2) is 16.9 Å². The number of aliphatic hydroxyl groups is 1. The van der Waals surface area contributed by atoms with Gasteiger partial charge >= 0.3 is 35.1 Å². The first-order valence-corrected chi connectivity index (χ1v) is 49.7. The molecular weight excluding hydrogens is 1910 g/mol. The van der Waals surface area contributed by atoms with Crippen molar-refractivity contribution in [2.45, 2.75) is 189 Å². The fraction of sp³-hybridized carbons (Fsp3) is 0.429. The van der Waals surface area contributed by atoms with Crippen LogP contribution in [0.3, 0.4) is 0 Å². The average Bonchev–Trinajstić information content (AvgIpc) is 0.839. The van der Waals surface area contributed by atoms with Crippen LogP contribution in [0.1, 0.15) is 187 Å². The van der Waals surface area contributed by atoms with Crippen molar-refractivity contribution >= 4 is 103 Å². The molecule has 0 radical (unpaired) electrons. The number of likely N-dealkylation sites (tertiary alicyclic amines) is 2. The SMILES string of the molecule is C=CC(=O)N1CCN(c2nc(=O)n(-c3c(C(C)C)nc(OC4CCN(C)C4)nc3C(C)C)c3nc(-c4ccccc4F)c(Cl)cc23)[C@@H](C)C1.C=CC(=O)N1CCN(c2nc(=O)n(-c3c(C(C)C)nc(OC4CN(C)C4)nc3C(C)C)c3nc(-c4ccccc4F)c(Cl)cc23)[C@@H](C)C1.C=CC(=O)N1CCN(c2nc(=O)n(-c3c(C(C)C)nc(OCC(C)O)nc3C(C)C)c3nc(-c4ccccc4F)c(Cl)cc23)[C@@H](C)C1. The number of pyridine rings is 3. The molecule has 2 unspecified atom stereocenters. The van der Waals surface area contributed by atoms with E-state index in [0.717, 1.165) is 32.6 Å². The van der Waals surface area contributed by atoms with Crippen molar-refractivity contribution in [2.24, 2.45) is 0 Å². The highest BCUT2D eigenvalue weighted by Gasteiger charge is 2.39. The highest BCUT2D eigenvalue weighted by atomic mass is 35.5. The molecule has 3 amide bonds. The molecule has 5 fully saturated rings. The molecule has 14 heterocycles. The second-order valence-electron chi connectivity index (χ2n) is 39.0. The van der Waals surface area contributed by atoms with Gasteiger partial charge in [0.25, 0.3) is 0 Å². The zero-order valence-electron chi connectivity index (χ0n) is 84.2. The molecule has 1 N–H and O–H groups in total. The molecule has 9 aromatic heterocycles. The van der Waals surface area contributed by atoms with Gasteiger partial charge in [-0.2, -0.15) is 44.9 Å². The largest absolute Gasteiger partial charge is 0.461 e. The van der Waals surface area contributed by atoms with Gasteiger partial charge in [-0.1, -0.05) is 174 Å². The second kappa shape index (κ2) is 44.1. The Hall–Kier alpha value is -13.3. The van der Waals surface area contributed by atoms with Crippen molar-refractivity contribution in [3.63, 3.8) is 0 Å². The summed E-state index contributed by atoms with van der Waals surface area (Å²) in [5.74, 6) is -1.84. The van der Waals surface area contributed by atoms with Gasteiger partial charge in [-0.3, -0.25) is 19.3 Å². The third-order valence-electron chi connectivity index (χ3n) is 26.0. The van der Waals surface area contributed by atoms with E-state index in [2.05, 4.69) is 61.5 Å². The Morgan fingerprint density at radius 2 is 0.674 bits per heavy atom. The second-order valence-corrected chi connectivity index (χ2v) is 40.2. The molecule has 0 bridgehead atoms. The highest BCUT2D eigenvalue weighted by molar-refractivity contribution is 6.35. The zero-order valence-corrected chi connectivity index (χ0v) is 86.5. The van der Waals surface area contributed by atoms with E-state index >= 15 is 13.2 Å². The number of fused-ring (bicyclic) bond motifs is 3. The van der Waals surface area contributed by atoms with Gasteiger partial charge in [-0.05, 0) is 157 Å². The predicted molar refractivity (Wildman–Crippen MR) is 554 cm³/mol. The number of halogens is 6. The Morgan fingerprint density at radius 3 is 0.924 bits per heavy atom. The van der Waals surface area contributed by atoms with Gasteiger partial charge in [0, 0.05) is 120 Å². The van der Waals surface area contributed by atoms with Crippen LogP contribution in [0.25, 0.3) is 83.9 Å². The number of piperazine rings is 3. The summed E-state index contributed by atoms with van der Waals surface area (Å²) >= 11 is 20.6. The molecule has 12 aromatic rings. The minimum absolute atomic E-state index is 0.0105. The summed E-state index contributed by atoms with van der Waals surface area (Å²) in [6.45, 7) is 48.9. The Morgan fingerprint density at radius 1 is 0.396 bits per heavy atom. The van der Waals surface area contributed by atoms with Crippen LogP contribution in [0.15, 0.2) is 143 Å². The van der Waals surface area contributed by atoms with E-state index in [9.17, 15) is 33.9 Å². The lowest BCUT2D eigenvalue weighted by molar-refractivity contribution is -0.127. The molecule has 5 aliphatic heterocycles. The van der Waals surface area contributed by atoms with Crippen molar-refractivity contribution in [3.05, 3.63) is 227 Å². The number of likely N-dealkylation sites (N-methyl/N-ethyl adjacent to an activating group) is 2. The monoisotopic (exact) mass is 2030 g/mol. The van der Waals surface area contributed by atoms with E-state index in [0.29, 0.717) is 144 Å². The van der Waals surface area contributed by atoms with Crippen LogP contribution in [0.5, 0.6) is 18.0 Å². The maximum atomic E-state index is 15.2. The number of amides is 3. The molecule has 5 aliphatic rings. The van der Waals surface area contributed by atoms with Crippen LogP contribution >= 0.6 is 34.8 Å². The van der Waals surface area contributed by atoms with Gasteiger partial charge in [0.05, 0.1) is 106 Å². The van der Waals surface area contributed by atoms with Crippen LogP contribution in [0.4, 0.5) is 30.6 Å². The number of aliphatic hydroxyl groups excluding tert-OH is 1. The van der Waals surface area contributed by atoms with E-state index in [1.165, 1.54) is 50.1 Å². The van der Waals surface area contributed by atoms with Gasteiger partial charge in [-0.25, -0.2) is 56.2 Å². The maximum Gasteiger partial charge on any atom is 0.355 e. The van der Waals surface area contributed by atoms with Crippen LogP contribution in [0, 0.1) is 17.5 Å². The third-order valence-corrected chi connectivity index (χ3v) is 26.9. The lowest BCUT2D eigenvalue weighted by atomic mass is 10.0. The smallest absolute Gasteiger partial charge is 0.355 e. The number of anilines is 3. The fourth-order valence-electron chi connectivity index (χ4n) is 18.8. The number of carbonyl (C=O) groups excluding carboxylic acids is 3. The summed E-state index contributed by atoms with van der Waals surface area (Å²) in [6, 6.07) is 23.7. The van der Waals surface area contributed by atoms with Crippen LogP contribution in [0.2, 0.25) is 15.1 Å².